The summed E-state index contributed by atoms with van der Waals surface area (Å²) in [6, 6.07) is 0. The molecule has 0 heterocycles. The summed E-state index contributed by atoms with van der Waals surface area (Å²) < 4.78 is 0. The maximum Gasteiger partial charge on any atom is 0.334 e. The third-order valence-corrected chi connectivity index (χ3v) is 2.92. The van der Waals surface area contributed by atoms with E-state index in [1.54, 1.807) is 27.7 Å². The highest BCUT2D eigenvalue weighted by atomic mass is 16.4. The highest BCUT2D eigenvalue weighted by Crippen LogP contribution is 2.28. The van der Waals surface area contributed by atoms with Crippen molar-refractivity contribution in [3.63, 3.8) is 0 Å². The number of nitrogens with one attached hydrogen (secondary N) is 1. The molecule has 5 N–H and O–H groups in total. The largest absolute Gasteiger partial charge is 0.479 e. The number of carbonyl (C=O) groups excluding carboxylic acids is 1. The molecule has 1 atom stereocenters. The molecule has 0 bridgehead atoms. The molecule has 1 unspecified atom stereocenters. The predicted octanol–water partition coefficient (Wildman–Crippen LogP) is -0.688. The van der Waals surface area contributed by atoms with Gasteiger partial charge in [0.2, 0.25) is 5.91 Å². The van der Waals surface area contributed by atoms with Gasteiger partial charge >= 0.3 is 5.97 Å². The lowest BCUT2D eigenvalue weighted by Crippen LogP contribution is -2.56. The molecule has 6 heteroatoms. The van der Waals surface area contributed by atoms with E-state index in [-0.39, 0.29) is 12.5 Å². The van der Waals surface area contributed by atoms with Gasteiger partial charge in [-0.2, -0.15) is 0 Å². The number of amides is 1. The number of hydrogen-bond donors (Lipinski definition) is 4. The normalized spacial score (nSPS) is 14.4. The van der Waals surface area contributed by atoms with Crippen LogP contribution in [-0.2, 0) is 9.59 Å². The summed E-state index contributed by atoms with van der Waals surface area (Å²) in [5, 5.41) is 19.8. The molecule has 0 aromatic rings. The highest BCUT2D eigenvalue weighted by Gasteiger charge is 2.40. The van der Waals surface area contributed by atoms with Crippen LogP contribution in [0.3, 0.4) is 0 Å². The Balaban J connectivity index is 4.44. The first kappa shape index (κ1) is 14.9. The molecule has 0 rings (SSSR count). The van der Waals surface area contributed by atoms with Gasteiger partial charge in [-0.15, -0.1) is 0 Å². The number of aliphatic carboxylic acids is 1. The van der Waals surface area contributed by atoms with Crippen LogP contribution in [-0.4, -0.2) is 40.3 Å². The maximum absolute atomic E-state index is 11.7. The molecule has 94 valence electrons. The maximum atomic E-state index is 11.7. The topological polar surface area (TPSA) is 113 Å². The van der Waals surface area contributed by atoms with Crippen LogP contribution in [0.1, 0.15) is 27.7 Å². The zero-order chi connectivity index (χ0) is 13.1. The quantitative estimate of drug-likeness (QED) is 0.501. The molecule has 16 heavy (non-hydrogen) atoms. The molecule has 6 nitrogen and oxygen atoms in total. The number of aliphatic hydroxyl groups is 1. The van der Waals surface area contributed by atoms with Crippen molar-refractivity contribution in [1.82, 2.24) is 5.32 Å². The fourth-order valence-electron chi connectivity index (χ4n) is 0.790. The van der Waals surface area contributed by atoms with E-state index in [4.69, 9.17) is 15.9 Å². The van der Waals surface area contributed by atoms with Crippen molar-refractivity contribution in [2.75, 3.05) is 6.54 Å². The molecule has 0 aliphatic rings. The van der Waals surface area contributed by atoms with Gasteiger partial charge in [0.15, 0.2) is 6.10 Å². The molecular formula is C10H20N2O4. The third kappa shape index (κ3) is 3.46. The van der Waals surface area contributed by atoms with Gasteiger partial charge < -0.3 is 21.3 Å². The Morgan fingerprint density at radius 3 is 2.06 bits per heavy atom. The molecular weight excluding hydrogens is 212 g/mol. The van der Waals surface area contributed by atoms with Gasteiger partial charge in [0.1, 0.15) is 0 Å². The van der Waals surface area contributed by atoms with E-state index >= 15 is 0 Å². The fraction of sp³-hybridized carbons (Fsp3) is 0.800. The van der Waals surface area contributed by atoms with E-state index in [0.29, 0.717) is 0 Å². The lowest BCUT2D eigenvalue weighted by atomic mass is 9.74. The molecule has 0 saturated heterocycles. The Morgan fingerprint density at radius 2 is 1.75 bits per heavy atom. The van der Waals surface area contributed by atoms with E-state index in [1.807, 2.05) is 0 Å². The van der Waals surface area contributed by atoms with Crippen LogP contribution in [0.4, 0.5) is 0 Å². The molecule has 0 spiro atoms. The SMILES string of the molecule is CC(C)(N)C(C)(C)C(=O)NCC(O)C(=O)O. The van der Waals surface area contributed by atoms with Crippen molar-refractivity contribution in [3.8, 4) is 0 Å². The van der Waals surface area contributed by atoms with E-state index in [9.17, 15) is 9.59 Å². The lowest BCUT2D eigenvalue weighted by Gasteiger charge is -2.37. The Bertz CT molecular complexity index is 281. The second-order valence-corrected chi connectivity index (χ2v) is 4.91. The number of rotatable bonds is 5. The van der Waals surface area contributed by atoms with Gasteiger partial charge in [-0.1, -0.05) is 0 Å². The van der Waals surface area contributed by atoms with Crippen molar-refractivity contribution < 1.29 is 19.8 Å². The van der Waals surface area contributed by atoms with Gasteiger partial charge in [-0.25, -0.2) is 4.79 Å². The van der Waals surface area contributed by atoms with Crippen LogP contribution in [0.15, 0.2) is 0 Å². The molecule has 1 amide bonds. The Kier molecular flexibility index (Phi) is 4.45. The summed E-state index contributed by atoms with van der Waals surface area (Å²) in [4.78, 5) is 22.1. The minimum absolute atomic E-state index is 0.326. The molecule has 0 radical (unpaired) electrons. The molecule has 0 fully saturated rings. The molecule has 0 aromatic carbocycles. The highest BCUT2D eigenvalue weighted by molar-refractivity contribution is 5.84. The van der Waals surface area contributed by atoms with E-state index in [1.165, 1.54) is 0 Å². The van der Waals surface area contributed by atoms with Gasteiger partial charge in [0.25, 0.3) is 0 Å². The van der Waals surface area contributed by atoms with E-state index in [0.717, 1.165) is 0 Å². The van der Waals surface area contributed by atoms with E-state index < -0.39 is 23.0 Å². The standard InChI is InChI=1S/C10H20N2O4/c1-9(2,10(3,4)11)8(16)12-5-6(13)7(14)15/h6,13H,5,11H2,1-4H3,(H,12,16)(H,14,15). The summed E-state index contributed by atoms with van der Waals surface area (Å²) in [5.41, 5.74) is 4.24. The lowest BCUT2D eigenvalue weighted by molar-refractivity contribution is -0.146. The first-order valence-corrected chi connectivity index (χ1v) is 4.98. The smallest absolute Gasteiger partial charge is 0.334 e. The van der Waals surface area contributed by atoms with Gasteiger partial charge in [-0.3, -0.25) is 4.79 Å². The second kappa shape index (κ2) is 4.80. The van der Waals surface area contributed by atoms with Crippen LogP contribution in [0, 0.1) is 5.41 Å². The summed E-state index contributed by atoms with van der Waals surface area (Å²) >= 11 is 0. The first-order chi connectivity index (χ1) is 7.00. The van der Waals surface area contributed by atoms with Crippen LogP contribution in [0.25, 0.3) is 0 Å². The van der Waals surface area contributed by atoms with Crippen molar-refractivity contribution in [3.05, 3.63) is 0 Å². The summed E-state index contributed by atoms with van der Waals surface area (Å²) in [6.07, 6.45) is -1.60. The Morgan fingerprint density at radius 1 is 1.31 bits per heavy atom. The van der Waals surface area contributed by atoms with Crippen molar-refractivity contribution >= 4 is 11.9 Å². The first-order valence-electron chi connectivity index (χ1n) is 4.98. The van der Waals surface area contributed by atoms with Gasteiger partial charge in [-0.05, 0) is 27.7 Å². The average molecular weight is 232 g/mol. The minimum Gasteiger partial charge on any atom is -0.479 e. The Hall–Kier alpha value is -1.14. The summed E-state index contributed by atoms with van der Waals surface area (Å²) in [6.45, 7) is 6.42. The Labute approximate surface area is 94.8 Å². The fourth-order valence-corrected chi connectivity index (χ4v) is 0.790. The van der Waals surface area contributed by atoms with Crippen molar-refractivity contribution in [2.45, 2.75) is 39.3 Å². The monoisotopic (exact) mass is 232 g/mol. The number of hydrogen-bond acceptors (Lipinski definition) is 4. The second-order valence-electron chi connectivity index (χ2n) is 4.91. The van der Waals surface area contributed by atoms with Crippen molar-refractivity contribution in [2.24, 2.45) is 11.1 Å². The zero-order valence-electron chi connectivity index (χ0n) is 10.1. The zero-order valence-corrected chi connectivity index (χ0v) is 10.1. The van der Waals surface area contributed by atoms with Gasteiger partial charge in [0.05, 0.1) is 12.0 Å². The minimum atomic E-state index is -1.60. The van der Waals surface area contributed by atoms with Crippen LogP contribution in [0.5, 0.6) is 0 Å². The third-order valence-electron chi connectivity index (χ3n) is 2.92. The molecule has 0 aliphatic carbocycles. The van der Waals surface area contributed by atoms with Crippen LogP contribution >= 0.6 is 0 Å². The number of nitrogens with two attached hydrogens (primary N) is 1. The number of aliphatic hydroxyl groups excluding tert-OH is 1. The molecule has 0 aliphatic heterocycles. The predicted molar refractivity (Wildman–Crippen MR) is 58.7 cm³/mol. The van der Waals surface area contributed by atoms with Crippen molar-refractivity contribution in [1.29, 1.82) is 0 Å². The van der Waals surface area contributed by atoms with Crippen LogP contribution < -0.4 is 11.1 Å². The molecule has 0 aromatic heterocycles. The molecule has 0 saturated carbocycles. The number of carbonyl (C=O) groups is 2. The number of carboxylic acid groups (broad SMARTS) is 1. The average Bonchev–Trinajstić information content (AvgIpc) is 2.11. The number of carboxylic acids is 1. The summed E-state index contributed by atoms with van der Waals surface area (Å²) in [5.74, 6) is -1.76. The van der Waals surface area contributed by atoms with Crippen LogP contribution in [0.2, 0.25) is 0 Å². The summed E-state index contributed by atoms with van der Waals surface area (Å²) in [7, 11) is 0. The van der Waals surface area contributed by atoms with Gasteiger partial charge in [0, 0.05) is 5.54 Å². The van der Waals surface area contributed by atoms with E-state index in [2.05, 4.69) is 5.32 Å².